The molecule has 1 N–H and O–H groups in total. The van der Waals surface area contributed by atoms with E-state index in [1.54, 1.807) is 4.68 Å². The minimum absolute atomic E-state index is 0.650. The molecule has 2 aromatic heterocycles. The van der Waals surface area contributed by atoms with Crippen LogP contribution < -0.4 is 5.32 Å². The topological polar surface area (TPSA) is 47.7 Å². The Labute approximate surface area is 131 Å². The number of nitrogens with zero attached hydrogens (tertiary/aromatic N) is 4. The lowest BCUT2D eigenvalue weighted by atomic mass is 10.2. The molecule has 0 saturated carbocycles. The summed E-state index contributed by atoms with van der Waals surface area (Å²) < 4.78 is 3.69. The fourth-order valence-electron chi connectivity index (χ4n) is 2.32. The highest BCUT2D eigenvalue weighted by atomic mass is 35.5. The Kier molecular flexibility index (Phi) is 5.06. The van der Waals surface area contributed by atoms with Crippen LogP contribution in [0.1, 0.15) is 36.4 Å². The summed E-state index contributed by atoms with van der Waals surface area (Å²) in [5, 5.41) is 13.0. The predicted octanol–water partition coefficient (Wildman–Crippen LogP) is 2.68. The minimum atomic E-state index is 0.650. The van der Waals surface area contributed by atoms with Gasteiger partial charge in [0.2, 0.25) is 0 Å². The monoisotopic (exact) mass is 309 g/mol. The molecule has 2 rings (SSSR count). The van der Waals surface area contributed by atoms with Gasteiger partial charge >= 0.3 is 0 Å². The van der Waals surface area contributed by atoms with Gasteiger partial charge in [0.25, 0.3) is 0 Å². The number of aryl methyl sites for hydroxylation is 2. The van der Waals surface area contributed by atoms with Crippen molar-refractivity contribution in [3.8, 4) is 0 Å². The predicted molar refractivity (Wildman–Crippen MR) is 85.6 cm³/mol. The number of nitrogens with one attached hydrogen (secondary N) is 1. The molecule has 116 valence electrons. The zero-order valence-electron chi connectivity index (χ0n) is 13.4. The van der Waals surface area contributed by atoms with Crippen LogP contribution in [0.4, 0.5) is 0 Å². The van der Waals surface area contributed by atoms with Crippen molar-refractivity contribution in [1.82, 2.24) is 24.9 Å². The molecular weight excluding hydrogens is 286 g/mol. The van der Waals surface area contributed by atoms with E-state index in [1.807, 2.05) is 24.9 Å². The van der Waals surface area contributed by atoms with Crippen LogP contribution in [0.25, 0.3) is 0 Å². The van der Waals surface area contributed by atoms with Gasteiger partial charge in [-0.05, 0) is 26.3 Å². The van der Waals surface area contributed by atoms with E-state index in [-0.39, 0.29) is 0 Å². The summed E-state index contributed by atoms with van der Waals surface area (Å²) in [6.07, 6.45) is 1.93. The van der Waals surface area contributed by atoms with E-state index < -0.39 is 0 Å². The van der Waals surface area contributed by atoms with Crippen molar-refractivity contribution in [2.24, 2.45) is 13.0 Å². The van der Waals surface area contributed by atoms with Crippen molar-refractivity contribution in [2.75, 3.05) is 6.54 Å². The van der Waals surface area contributed by atoms with Crippen molar-refractivity contribution in [3.63, 3.8) is 0 Å². The summed E-state index contributed by atoms with van der Waals surface area (Å²) in [6.45, 7) is 11.0. The molecule has 0 aromatic carbocycles. The Bertz CT molecular complexity index is 612. The normalized spacial score (nSPS) is 11.6. The summed E-state index contributed by atoms with van der Waals surface area (Å²) in [7, 11) is 1.86. The summed E-state index contributed by atoms with van der Waals surface area (Å²) in [4.78, 5) is 0. The van der Waals surface area contributed by atoms with Gasteiger partial charge in [0.05, 0.1) is 18.4 Å². The molecule has 0 bridgehead atoms. The Hall–Kier alpha value is -1.33. The number of rotatable bonds is 6. The first-order valence-electron chi connectivity index (χ1n) is 7.30. The number of aromatic nitrogens is 4. The largest absolute Gasteiger partial charge is 0.312 e. The summed E-state index contributed by atoms with van der Waals surface area (Å²) in [6, 6.07) is 0. The molecule has 0 saturated heterocycles. The van der Waals surface area contributed by atoms with Crippen LogP contribution in [0, 0.1) is 19.8 Å². The van der Waals surface area contributed by atoms with Gasteiger partial charge in [0.1, 0.15) is 5.15 Å². The maximum absolute atomic E-state index is 6.29. The molecule has 0 fully saturated rings. The Morgan fingerprint density at radius 1 is 1.33 bits per heavy atom. The van der Waals surface area contributed by atoms with Crippen molar-refractivity contribution in [2.45, 2.75) is 40.8 Å². The van der Waals surface area contributed by atoms with Crippen molar-refractivity contribution in [3.05, 3.63) is 33.9 Å². The van der Waals surface area contributed by atoms with E-state index in [0.29, 0.717) is 17.6 Å². The van der Waals surface area contributed by atoms with Gasteiger partial charge in [-0.3, -0.25) is 9.36 Å². The van der Waals surface area contributed by atoms with Crippen LogP contribution in [0.15, 0.2) is 6.20 Å². The quantitative estimate of drug-likeness (QED) is 0.892. The molecule has 21 heavy (non-hydrogen) atoms. The first kappa shape index (κ1) is 16.0. The zero-order valence-corrected chi connectivity index (χ0v) is 14.2. The molecule has 2 heterocycles. The second-order valence-electron chi connectivity index (χ2n) is 5.92. The molecule has 2 aromatic rings. The van der Waals surface area contributed by atoms with Crippen LogP contribution in [0.5, 0.6) is 0 Å². The average molecular weight is 310 g/mol. The van der Waals surface area contributed by atoms with Gasteiger partial charge in [0, 0.05) is 30.4 Å². The fraction of sp³-hybridized carbons (Fsp3) is 0.600. The van der Waals surface area contributed by atoms with E-state index in [2.05, 4.69) is 36.3 Å². The lowest BCUT2D eigenvalue weighted by molar-refractivity contribution is 0.550. The van der Waals surface area contributed by atoms with E-state index in [0.717, 1.165) is 24.3 Å². The maximum atomic E-state index is 6.29. The molecule has 0 radical (unpaired) electrons. The fourth-order valence-corrected chi connectivity index (χ4v) is 2.55. The van der Waals surface area contributed by atoms with Crippen LogP contribution in [-0.2, 0) is 20.1 Å². The molecular formula is C15H24ClN5. The highest BCUT2D eigenvalue weighted by molar-refractivity contribution is 6.30. The third-order valence-corrected chi connectivity index (χ3v) is 4.12. The van der Waals surface area contributed by atoms with E-state index in [1.165, 1.54) is 11.3 Å². The second-order valence-corrected chi connectivity index (χ2v) is 6.27. The SMILES string of the molecule is Cc1nn(C)c(Cl)c1Cn1ncc(CNCC(C)C)c1C. The maximum Gasteiger partial charge on any atom is 0.132 e. The molecule has 0 atom stereocenters. The smallest absolute Gasteiger partial charge is 0.132 e. The molecule has 0 aliphatic carbocycles. The van der Waals surface area contributed by atoms with Gasteiger partial charge in [-0.2, -0.15) is 10.2 Å². The van der Waals surface area contributed by atoms with E-state index in [4.69, 9.17) is 11.6 Å². The molecule has 0 amide bonds. The Balaban J connectivity index is 2.10. The third kappa shape index (κ3) is 3.66. The lowest BCUT2D eigenvalue weighted by Crippen LogP contribution is -2.19. The Morgan fingerprint density at radius 3 is 2.62 bits per heavy atom. The first-order chi connectivity index (χ1) is 9.90. The average Bonchev–Trinajstić information content (AvgIpc) is 2.86. The third-order valence-electron chi connectivity index (χ3n) is 3.65. The second kappa shape index (κ2) is 6.62. The highest BCUT2D eigenvalue weighted by Crippen LogP contribution is 2.20. The highest BCUT2D eigenvalue weighted by Gasteiger charge is 2.14. The lowest BCUT2D eigenvalue weighted by Gasteiger charge is -2.08. The molecule has 0 aliphatic rings. The van der Waals surface area contributed by atoms with E-state index >= 15 is 0 Å². The number of halogens is 1. The van der Waals surface area contributed by atoms with Crippen LogP contribution >= 0.6 is 11.6 Å². The van der Waals surface area contributed by atoms with Crippen LogP contribution in [0.3, 0.4) is 0 Å². The summed E-state index contributed by atoms with van der Waals surface area (Å²) in [5.41, 5.74) is 4.39. The molecule has 0 aliphatic heterocycles. The molecule has 0 spiro atoms. The van der Waals surface area contributed by atoms with Gasteiger partial charge in [-0.1, -0.05) is 25.4 Å². The van der Waals surface area contributed by atoms with Crippen molar-refractivity contribution in [1.29, 1.82) is 0 Å². The number of hydrogen-bond acceptors (Lipinski definition) is 3. The molecule has 6 heteroatoms. The zero-order chi connectivity index (χ0) is 15.6. The standard InChI is InChI=1S/C15H24ClN5/c1-10(2)6-17-7-13-8-18-21(12(13)4)9-14-11(3)19-20(5)15(14)16/h8,10,17H,6-7,9H2,1-5H3. The minimum Gasteiger partial charge on any atom is -0.312 e. The van der Waals surface area contributed by atoms with Crippen LogP contribution in [-0.4, -0.2) is 26.1 Å². The summed E-state index contributed by atoms with van der Waals surface area (Å²) in [5.74, 6) is 0.650. The molecule has 5 nitrogen and oxygen atoms in total. The first-order valence-corrected chi connectivity index (χ1v) is 7.68. The van der Waals surface area contributed by atoms with Gasteiger partial charge in [-0.15, -0.1) is 0 Å². The van der Waals surface area contributed by atoms with Gasteiger partial charge < -0.3 is 5.32 Å². The van der Waals surface area contributed by atoms with Crippen molar-refractivity contribution >= 4 is 11.6 Å². The number of hydrogen-bond donors (Lipinski definition) is 1. The van der Waals surface area contributed by atoms with Gasteiger partial charge in [0.15, 0.2) is 0 Å². The molecule has 0 unspecified atom stereocenters. The Morgan fingerprint density at radius 2 is 2.05 bits per heavy atom. The van der Waals surface area contributed by atoms with E-state index in [9.17, 15) is 0 Å². The van der Waals surface area contributed by atoms with Crippen molar-refractivity contribution < 1.29 is 0 Å². The van der Waals surface area contributed by atoms with Gasteiger partial charge in [-0.25, -0.2) is 0 Å². The van der Waals surface area contributed by atoms with Crippen LogP contribution in [0.2, 0.25) is 5.15 Å². The summed E-state index contributed by atoms with van der Waals surface area (Å²) >= 11 is 6.29.